The van der Waals surface area contributed by atoms with Crippen molar-refractivity contribution in [2.24, 2.45) is 0 Å². The van der Waals surface area contributed by atoms with Crippen LogP contribution in [0.15, 0.2) is 67.1 Å². The molecular weight excluding hydrogens is 334 g/mol. The second-order valence-corrected chi connectivity index (χ2v) is 6.60. The quantitative estimate of drug-likeness (QED) is 0.454. The van der Waals surface area contributed by atoms with Crippen LogP contribution in [0, 0.1) is 6.92 Å². The summed E-state index contributed by atoms with van der Waals surface area (Å²) in [5, 5.41) is 8.05. The second-order valence-electron chi connectivity index (χ2n) is 6.60. The molecule has 0 unspecified atom stereocenters. The maximum absolute atomic E-state index is 4.32. The number of hydrogen-bond acceptors (Lipinski definition) is 4. The zero-order valence-electron chi connectivity index (χ0n) is 15.4. The Hall–Kier alpha value is -3.34. The molecule has 0 aliphatic rings. The third-order valence-corrected chi connectivity index (χ3v) is 4.76. The van der Waals surface area contributed by atoms with Crippen LogP contribution < -0.4 is 10.6 Å². The predicted molar refractivity (Wildman–Crippen MR) is 111 cm³/mol. The maximum Gasteiger partial charge on any atom is 0.131 e. The summed E-state index contributed by atoms with van der Waals surface area (Å²) in [5.41, 5.74) is 5.03. The first-order chi connectivity index (χ1) is 13.3. The molecule has 2 aromatic carbocycles. The van der Waals surface area contributed by atoms with Gasteiger partial charge in [-0.3, -0.25) is 0 Å². The Bertz CT molecular complexity index is 1040. The van der Waals surface area contributed by atoms with Crippen LogP contribution >= 0.6 is 0 Å². The van der Waals surface area contributed by atoms with Crippen LogP contribution in [0.25, 0.3) is 10.9 Å². The minimum atomic E-state index is 0.748. The molecule has 0 radical (unpaired) electrons. The molecule has 3 N–H and O–H groups in total. The van der Waals surface area contributed by atoms with Gasteiger partial charge in [-0.2, -0.15) is 0 Å². The minimum absolute atomic E-state index is 0.748. The van der Waals surface area contributed by atoms with Crippen molar-refractivity contribution in [3.8, 4) is 0 Å². The number of fused-ring (bicyclic) bond motifs is 1. The molecule has 4 aromatic rings. The van der Waals surface area contributed by atoms with E-state index in [1.165, 1.54) is 27.6 Å². The van der Waals surface area contributed by atoms with Gasteiger partial charge in [-0.25, -0.2) is 9.97 Å². The Morgan fingerprint density at radius 3 is 2.56 bits per heavy atom. The number of H-pyrrole nitrogens is 1. The predicted octanol–water partition coefficient (Wildman–Crippen LogP) is 4.53. The zero-order chi connectivity index (χ0) is 18.5. The van der Waals surface area contributed by atoms with Gasteiger partial charge in [0.2, 0.25) is 0 Å². The molecule has 0 aliphatic heterocycles. The number of rotatable bonds is 7. The average Bonchev–Trinajstić information content (AvgIpc) is 3.11. The van der Waals surface area contributed by atoms with Gasteiger partial charge in [0, 0.05) is 36.3 Å². The first-order valence-corrected chi connectivity index (χ1v) is 9.19. The summed E-state index contributed by atoms with van der Waals surface area (Å²) in [4.78, 5) is 12.0. The second kappa shape index (κ2) is 7.91. The number of nitrogens with zero attached hydrogens (tertiary/aromatic N) is 2. The molecule has 0 spiro atoms. The van der Waals surface area contributed by atoms with E-state index in [4.69, 9.17) is 0 Å². The molecule has 0 saturated heterocycles. The monoisotopic (exact) mass is 357 g/mol. The molecule has 0 bridgehead atoms. The van der Waals surface area contributed by atoms with Crippen LogP contribution in [0.4, 0.5) is 11.6 Å². The van der Waals surface area contributed by atoms with Gasteiger partial charge < -0.3 is 15.6 Å². The Kier molecular flexibility index (Phi) is 5.01. The van der Waals surface area contributed by atoms with E-state index in [2.05, 4.69) is 81.2 Å². The van der Waals surface area contributed by atoms with E-state index < -0.39 is 0 Å². The number of aromatic nitrogens is 3. The molecule has 2 heterocycles. The number of para-hydroxylation sites is 1. The van der Waals surface area contributed by atoms with Crippen molar-refractivity contribution < 1.29 is 0 Å². The van der Waals surface area contributed by atoms with E-state index in [9.17, 15) is 0 Å². The number of aryl methyl sites for hydroxylation is 1. The Morgan fingerprint density at radius 1 is 0.889 bits per heavy atom. The lowest BCUT2D eigenvalue weighted by molar-refractivity contribution is 1.00. The summed E-state index contributed by atoms with van der Waals surface area (Å²) in [6, 6.07) is 18.7. The highest BCUT2D eigenvalue weighted by atomic mass is 15.1. The molecule has 2 aromatic heterocycles. The molecule has 0 aliphatic carbocycles. The lowest BCUT2D eigenvalue weighted by atomic mass is 10.1. The van der Waals surface area contributed by atoms with Gasteiger partial charge in [-0.05, 0) is 36.1 Å². The molecule has 5 heteroatoms. The van der Waals surface area contributed by atoms with Gasteiger partial charge in [0.15, 0.2) is 0 Å². The van der Waals surface area contributed by atoms with E-state index in [0.717, 1.165) is 31.1 Å². The first kappa shape index (κ1) is 17.1. The van der Waals surface area contributed by atoms with Crippen molar-refractivity contribution in [2.75, 3.05) is 17.2 Å². The fourth-order valence-electron chi connectivity index (χ4n) is 3.21. The van der Waals surface area contributed by atoms with Gasteiger partial charge in [0.1, 0.15) is 18.0 Å². The fourth-order valence-corrected chi connectivity index (χ4v) is 3.21. The van der Waals surface area contributed by atoms with Crippen molar-refractivity contribution >= 4 is 22.5 Å². The standard InChI is InChI=1S/C22H23N5/c1-16-6-2-3-7-17(16)13-25-22-12-21(26-15-27-22)23-11-10-18-14-24-20-9-5-4-8-19(18)20/h2-9,12,14-15,24H,10-11,13H2,1H3,(H2,23,25,26,27). The number of nitrogens with one attached hydrogen (secondary N) is 3. The number of anilines is 2. The number of aromatic amines is 1. The molecule has 0 amide bonds. The molecule has 136 valence electrons. The summed E-state index contributed by atoms with van der Waals surface area (Å²) in [6.45, 7) is 3.68. The van der Waals surface area contributed by atoms with Crippen LogP contribution in [-0.2, 0) is 13.0 Å². The van der Waals surface area contributed by atoms with Gasteiger partial charge >= 0.3 is 0 Å². The lowest BCUT2D eigenvalue weighted by Crippen LogP contribution is -2.08. The third-order valence-electron chi connectivity index (χ3n) is 4.76. The topological polar surface area (TPSA) is 65.6 Å². The molecule has 0 saturated carbocycles. The van der Waals surface area contributed by atoms with Gasteiger partial charge in [-0.15, -0.1) is 0 Å². The van der Waals surface area contributed by atoms with Crippen molar-refractivity contribution in [1.82, 2.24) is 15.0 Å². The van der Waals surface area contributed by atoms with E-state index in [0.29, 0.717) is 0 Å². The average molecular weight is 357 g/mol. The first-order valence-electron chi connectivity index (χ1n) is 9.19. The van der Waals surface area contributed by atoms with Crippen LogP contribution in [-0.4, -0.2) is 21.5 Å². The lowest BCUT2D eigenvalue weighted by Gasteiger charge is -2.10. The number of hydrogen-bond donors (Lipinski definition) is 3. The molecule has 0 fully saturated rings. The van der Waals surface area contributed by atoms with Crippen molar-refractivity contribution in [3.63, 3.8) is 0 Å². The SMILES string of the molecule is Cc1ccccc1CNc1cc(NCCc2c[nH]c3ccccc23)ncn1. The smallest absolute Gasteiger partial charge is 0.131 e. The third kappa shape index (κ3) is 4.08. The van der Waals surface area contributed by atoms with Gasteiger partial charge in [0.05, 0.1) is 0 Å². The number of benzene rings is 2. The molecule has 27 heavy (non-hydrogen) atoms. The molecule has 0 atom stereocenters. The van der Waals surface area contributed by atoms with E-state index in [-0.39, 0.29) is 0 Å². The van der Waals surface area contributed by atoms with Crippen LogP contribution in [0.5, 0.6) is 0 Å². The highest BCUT2D eigenvalue weighted by Crippen LogP contribution is 2.18. The summed E-state index contributed by atoms with van der Waals surface area (Å²) in [6.07, 6.45) is 4.61. The van der Waals surface area contributed by atoms with E-state index in [1.807, 2.05) is 12.1 Å². The Balaban J connectivity index is 1.34. The van der Waals surface area contributed by atoms with Crippen molar-refractivity contribution in [2.45, 2.75) is 19.9 Å². The van der Waals surface area contributed by atoms with Crippen LogP contribution in [0.3, 0.4) is 0 Å². The Labute approximate surface area is 158 Å². The maximum atomic E-state index is 4.32. The molecule has 5 nitrogen and oxygen atoms in total. The van der Waals surface area contributed by atoms with Crippen molar-refractivity contribution in [1.29, 1.82) is 0 Å². The van der Waals surface area contributed by atoms with Crippen LogP contribution in [0.2, 0.25) is 0 Å². The van der Waals surface area contributed by atoms with E-state index in [1.54, 1.807) is 6.33 Å². The van der Waals surface area contributed by atoms with Crippen molar-refractivity contribution in [3.05, 3.63) is 83.8 Å². The summed E-state index contributed by atoms with van der Waals surface area (Å²) >= 11 is 0. The normalized spacial score (nSPS) is 10.9. The fraction of sp³-hybridized carbons (Fsp3) is 0.182. The summed E-state index contributed by atoms with van der Waals surface area (Å²) in [7, 11) is 0. The highest BCUT2D eigenvalue weighted by Gasteiger charge is 2.04. The molecule has 4 rings (SSSR count). The van der Waals surface area contributed by atoms with E-state index >= 15 is 0 Å². The Morgan fingerprint density at radius 2 is 1.67 bits per heavy atom. The summed E-state index contributed by atoms with van der Waals surface area (Å²) < 4.78 is 0. The largest absolute Gasteiger partial charge is 0.370 e. The minimum Gasteiger partial charge on any atom is -0.370 e. The van der Waals surface area contributed by atoms with Gasteiger partial charge in [0.25, 0.3) is 0 Å². The highest BCUT2D eigenvalue weighted by molar-refractivity contribution is 5.83. The molecular formula is C22H23N5. The van der Waals surface area contributed by atoms with Gasteiger partial charge in [-0.1, -0.05) is 42.5 Å². The summed E-state index contributed by atoms with van der Waals surface area (Å²) in [5.74, 6) is 1.65. The zero-order valence-corrected chi connectivity index (χ0v) is 15.4. The van der Waals surface area contributed by atoms with Crippen LogP contribution in [0.1, 0.15) is 16.7 Å².